The number of aromatic nitrogens is 2. The Kier molecular flexibility index (Phi) is 5.20. The van der Waals surface area contributed by atoms with Crippen molar-refractivity contribution in [2.45, 2.75) is 57.5 Å². The molecule has 164 valence electrons. The normalized spacial score (nSPS) is 23.3. The molecule has 0 N–H and O–H groups in total. The molecule has 2 aliphatic heterocycles. The van der Waals surface area contributed by atoms with E-state index in [9.17, 15) is 9.59 Å². The molecule has 2 aromatic heterocycles. The maximum atomic E-state index is 13.4. The highest BCUT2D eigenvalue weighted by Crippen LogP contribution is 2.61. The van der Waals surface area contributed by atoms with Crippen LogP contribution in [-0.2, 0) is 4.79 Å². The zero-order valence-electron chi connectivity index (χ0n) is 18.0. The van der Waals surface area contributed by atoms with E-state index in [0.717, 1.165) is 44.2 Å². The van der Waals surface area contributed by atoms with Gasteiger partial charge in [0.1, 0.15) is 0 Å². The summed E-state index contributed by atoms with van der Waals surface area (Å²) in [5.74, 6) is 0.814. The first-order valence-corrected chi connectivity index (χ1v) is 12.0. The quantitative estimate of drug-likeness (QED) is 0.679. The predicted octanol–water partition coefficient (Wildman–Crippen LogP) is 3.60. The van der Waals surface area contributed by atoms with Gasteiger partial charge in [-0.05, 0) is 38.7 Å². The van der Waals surface area contributed by atoms with Crippen LogP contribution in [0.3, 0.4) is 0 Å². The van der Waals surface area contributed by atoms with Crippen molar-refractivity contribution in [2.24, 2.45) is 5.41 Å². The molecule has 2 aromatic rings. The second-order valence-electron chi connectivity index (χ2n) is 8.89. The van der Waals surface area contributed by atoms with Gasteiger partial charge in [-0.2, -0.15) is 0 Å². The molecule has 0 aromatic carbocycles. The molecule has 1 aliphatic carbocycles. The molecule has 4 heterocycles. The zero-order chi connectivity index (χ0) is 21.6. The van der Waals surface area contributed by atoms with Crippen molar-refractivity contribution < 1.29 is 14.3 Å². The van der Waals surface area contributed by atoms with Gasteiger partial charge in [0, 0.05) is 31.4 Å². The topological polar surface area (TPSA) is 75.6 Å². The summed E-state index contributed by atoms with van der Waals surface area (Å²) < 4.78 is 5.08. The zero-order valence-corrected chi connectivity index (χ0v) is 18.9. The van der Waals surface area contributed by atoms with Crippen LogP contribution in [0.2, 0.25) is 0 Å². The highest BCUT2D eigenvalue weighted by atomic mass is 32.1. The number of hydrogen-bond acceptors (Lipinski definition) is 6. The summed E-state index contributed by atoms with van der Waals surface area (Å²) in [7, 11) is 1.56. The van der Waals surface area contributed by atoms with Gasteiger partial charge in [0.05, 0.1) is 40.2 Å². The number of ether oxygens (including phenoxy) is 1. The molecule has 1 saturated carbocycles. The number of rotatable bonds is 4. The van der Waals surface area contributed by atoms with E-state index in [0.29, 0.717) is 30.4 Å². The Bertz CT molecular complexity index is 975. The monoisotopic (exact) mass is 440 g/mol. The van der Waals surface area contributed by atoms with Crippen molar-refractivity contribution in [1.82, 2.24) is 19.8 Å². The lowest BCUT2D eigenvalue weighted by Crippen LogP contribution is -2.66. The van der Waals surface area contributed by atoms with Gasteiger partial charge >= 0.3 is 0 Å². The van der Waals surface area contributed by atoms with Gasteiger partial charge in [0.15, 0.2) is 0 Å². The maximum Gasteiger partial charge on any atom is 0.255 e. The van der Waals surface area contributed by atoms with Gasteiger partial charge in [-0.25, -0.2) is 9.97 Å². The first-order chi connectivity index (χ1) is 15.0. The largest absolute Gasteiger partial charge is 0.481 e. The molecule has 0 bridgehead atoms. The number of thiazole rings is 1. The van der Waals surface area contributed by atoms with Gasteiger partial charge in [0.2, 0.25) is 11.8 Å². The molecule has 7 nitrogen and oxygen atoms in total. The van der Waals surface area contributed by atoms with Crippen molar-refractivity contribution in [3.63, 3.8) is 0 Å². The maximum absolute atomic E-state index is 13.4. The number of carbonyl (C=O) groups is 2. The summed E-state index contributed by atoms with van der Waals surface area (Å²) in [5, 5.41) is 0. The van der Waals surface area contributed by atoms with Crippen LogP contribution in [0.25, 0.3) is 0 Å². The Hall–Kier alpha value is -2.48. The van der Waals surface area contributed by atoms with Crippen LogP contribution in [-0.4, -0.2) is 57.8 Å². The third-order valence-corrected chi connectivity index (χ3v) is 8.31. The number of amides is 2. The SMILES string of the molecule is COc1ccc(C(=O)N2CCC(N3C(=O)C4(CCCC4)C3c3scnc3C)CC2)cn1. The lowest BCUT2D eigenvalue weighted by Gasteiger charge is -2.58. The van der Waals surface area contributed by atoms with Crippen LogP contribution in [0.4, 0.5) is 0 Å². The standard InChI is InChI=1S/C23H28N4O3S/c1-15-19(31-14-25-15)20-23(9-3-4-10-23)22(29)27(20)17-7-11-26(12-8-17)21(28)16-5-6-18(30-2)24-13-16/h5-6,13-14,17,20H,3-4,7-12H2,1-2H3. The summed E-state index contributed by atoms with van der Waals surface area (Å²) in [6, 6.07) is 3.81. The highest BCUT2D eigenvalue weighted by molar-refractivity contribution is 7.09. The minimum atomic E-state index is -0.209. The van der Waals surface area contributed by atoms with Crippen LogP contribution >= 0.6 is 11.3 Å². The lowest BCUT2D eigenvalue weighted by atomic mass is 9.67. The summed E-state index contributed by atoms with van der Waals surface area (Å²) in [6.07, 6.45) is 7.45. The summed E-state index contributed by atoms with van der Waals surface area (Å²) in [4.78, 5) is 40.2. The molecule has 0 radical (unpaired) electrons. The summed E-state index contributed by atoms with van der Waals surface area (Å²) in [5.41, 5.74) is 3.32. The fourth-order valence-electron chi connectivity index (χ4n) is 5.67. The van der Waals surface area contributed by atoms with Gasteiger partial charge in [0.25, 0.3) is 5.91 Å². The van der Waals surface area contributed by atoms with E-state index in [2.05, 4.69) is 21.8 Å². The van der Waals surface area contributed by atoms with E-state index < -0.39 is 0 Å². The van der Waals surface area contributed by atoms with Crippen molar-refractivity contribution >= 4 is 23.2 Å². The van der Waals surface area contributed by atoms with Crippen LogP contribution in [0.1, 0.15) is 65.5 Å². The second kappa shape index (κ2) is 7.89. The summed E-state index contributed by atoms with van der Waals surface area (Å²) >= 11 is 1.68. The lowest BCUT2D eigenvalue weighted by molar-refractivity contribution is -0.180. The Labute approximate surface area is 186 Å². The Morgan fingerprint density at radius 3 is 2.52 bits per heavy atom. The average Bonchev–Trinajstić information content (AvgIpc) is 3.48. The number of carbonyl (C=O) groups excluding carboxylic acids is 2. The minimum absolute atomic E-state index is 0.00865. The van der Waals surface area contributed by atoms with E-state index in [1.807, 2.05) is 10.4 Å². The highest BCUT2D eigenvalue weighted by Gasteiger charge is 2.64. The number of likely N-dealkylation sites (tertiary alicyclic amines) is 2. The fourth-order valence-corrected chi connectivity index (χ4v) is 6.68. The molecule has 8 heteroatoms. The smallest absolute Gasteiger partial charge is 0.255 e. The van der Waals surface area contributed by atoms with Crippen molar-refractivity contribution in [3.05, 3.63) is 40.0 Å². The Morgan fingerprint density at radius 1 is 1.19 bits per heavy atom. The molecule has 5 rings (SSSR count). The van der Waals surface area contributed by atoms with Gasteiger partial charge in [-0.1, -0.05) is 12.8 Å². The predicted molar refractivity (Wildman–Crippen MR) is 117 cm³/mol. The first-order valence-electron chi connectivity index (χ1n) is 11.1. The number of aryl methyl sites for hydroxylation is 1. The van der Waals surface area contributed by atoms with Gasteiger partial charge in [-0.3, -0.25) is 9.59 Å². The molecule has 1 spiro atoms. The molecule has 2 saturated heterocycles. The number of β-lactam (4-membered cyclic amide) rings is 1. The van der Waals surface area contributed by atoms with E-state index >= 15 is 0 Å². The molecular weight excluding hydrogens is 412 g/mol. The van der Waals surface area contributed by atoms with Crippen LogP contribution in [0.5, 0.6) is 5.88 Å². The minimum Gasteiger partial charge on any atom is -0.481 e. The van der Waals surface area contributed by atoms with Crippen LogP contribution in [0, 0.1) is 12.3 Å². The van der Waals surface area contributed by atoms with E-state index in [1.165, 1.54) is 4.88 Å². The van der Waals surface area contributed by atoms with Crippen LogP contribution < -0.4 is 4.74 Å². The first kappa shape index (κ1) is 20.4. The number of nitrogens with zero attached hydrogens (tertiary/aromatic N) is 4. The van der Waals surface area contributed by atoms with E-state index in [-0.39, 0.29) is 23.4 Å². The molecular formula is C23H28N4O3S. The Morgan fingerprint density at radius 2 is 1.94 bits per heavy atom. The van der Waals surface area contributed by atoms with E-state index in [4.69, 9.17) is 4.74 Å². The van der Waals surface area contributed by atoms with Crippen LogP contribution in [0.15, 0.2) is 23.8 Å². The number of methoxy groups -OCH3 is 1. The molecule has 31 heavy (non-hydrogen) atoms. The fraction of sp³-hybridized carbons (Fsp3) is 0.565. The Balaban J connectivity index is 1.30. The average molecular weight is 441 g/mol. The summed E-state index contributed by atoms with van der Waals surface area (Å²) in [6.45, 7) is 3.36. The molecule has 2 amide bonds. The van der Waals surface area contributed by atoms with Crippen molar-refractivity contribution in [2.75, 3.05) is 20.2 Å². The number of hydrogen-bond donors (Lipinski definition) is 0. The third kappa shape index (κ3) is 3.23. The molecule has 3 fully saturated rings. The van der Waals surface area contributed by atoms with Crippen molar-refractivity contribution in [1.29, 1.82) is 0 Å². The second-order valence-corrected chi connectivity index (χ2v) is 9.78. The molecule has 1 unspecified atom stereocenters. The third-order valence-electron chi connectivity index (χ3n) is 7.33. The van der Waals surface area contributed by atoms with E-state index in [1.54, 1.807) is 36.8 Å². The number of piperidine rings is 1. The molecule has 1 atom stereocenters. The number of pyridine rings is 1. The van der Waals surface area contributed by atoms with Gasteiger partial charge < -0.3 is 14.5 Å². The molecule has 3 aliphatic rings. The van der Waals surface area contributed by atoms with Crippen molar-refractivity contribution in [3.8, 4) is 5.88 Å². The van der Waals surface area contributed by atoms with Gasteiger partial charge in [-0.15, -0.1) is 11.3 Å².